The summed E-state index contributed by atoms with van der Waals surface area (Å²) in [7, 11) is 0. The molecular formula is C55H39NS. The van der Waals surface area contributed by atoms with Crippen LogP contribution in [0.3, 0.4) is 0 Å². The SMILES string of the molecule is Cc1ccccc1N(c1ccc2c(c1)sc1cc(C=Cc3cc4c5c(ccc6cccc(c65)C4(c4ccccc4)c4ccccc4)c3)ccc12)c1ccccc1C. The zero-order chi connectivity index (χ0) is 38.1. The lowest BCUT2D eigenvalue weighted by Gasteiger charge is -2.34. The summed E-state index contributed by atoms with van der Waals surface area (Å²) < 4.78 is 2.59. The molecule has 0 N–H and O–H groups in total. The van der Waals surface area contributed by atoms with Gasteiger partial charge in [-0.2, -0.15) is 0 Å². The highest BCUT2D eigenvalue weighted by molar-refractivity contribution is 7.25. The molecule has 2 heteroatoms. The van der Waals surface area contributed by atoms with Crippen LogP contribution in [0, 0.1) is 13.8 Å². The standard InChI is InChI=1S/C55H39NS/c1-36-14-9-11-22-49(36)56(50-23-12-10-15-37(50)2)44-29-31-46-45-30-26-38(34-51(45)57-52(46)35-44)24-25-39-32-41-28-27-40-16-13-21-47-53(40)54(41)48(33-39)55(47,42-17-5-3-6-18-42)43-19-7-4-8-20-43/h3-35H,1-2H3. The molecule has 1 aromatic heterocycles. The Labute approximate surface area is 337 Å². The Morgan fingerprint density at radius 3 is 1.70 bits per heavy atom. The lowest BCUT2D eigenvalue weighted by Crippen LogP contribution is -2.28. The number of hydrogen-bond donors (Lipinski definition) is 0. The molecule has 9 aromatic carbocycles. The smallest absolute Gasteiger partial charge is 0.0714 e. The molecule has 57 heavy (non-hydrogen) atoms. The molecule has 10 aromatic rings. The molecular weight excluding hydrogens is 707 g/mol. The van der Waals surface area contributed by atoms with E-state index in [0.29, 0.717) is 0 Å². The van der Waals surface area contributed by atoms with Crippen molar-refractivity contribution in [3.05, 3.63) is 233 Å². The van der Waals surface area contributed by atoms with Crippen LogP contribution in [0.5, 0.6) is 0 Å². The van der Waals surface area contributed by atoms with Gasteiger partial charge in [0.15, 0.2) is 0 Å². The molecule has 1 nitrogen and oxygen atoms in total. The molecule has 0 fully saturated rings. The highest BCUT2D eigenvalue weighted by Gasteiger charge is 2.45. The summed E-state index contributed by atoms with van der Waals surface area (Å²) in [6.07, 6.45) is 4.59. The Morgan fingerprint density at radius 2 is 1.02 bits per heavy atom. The Bertz CT molecular complexity index is 3120. The topological polar surface area (TPSA) is 3.24 Å². The van der Waals surface area contributed by atoms with Crippen LogP contribution in [0.4, 0.5) is 17.1 Å². The van der Waals surface area contributed by atoms with Crippen molar-refractivity contribution in [1.82, 2.24) is 0 Å². The maximum absolute atomic E-state index is 2.45. The number of aryl methyl sites for hydroxylation is 2. The van der Waals surface area contributed by atoms with Gasteiger partial charge in [-0.15, -0.1) is 11.3 Å². The van der Waals surface area contributed by atoms with Crippen LogP contribution in [0.15, 0.2) is 188 Å². The normalized spacial score (nSPS) is 13.2. The average Bonchev–Trinajstić information content (AvgIpc) is 3.77. The molecule has 1 aliphatic carbocycles. The number of rotatable bonds is 7. The second-order valence-electron chi connectivity index (χ2n) is 15.4. The van der Waals surface area contributed by atoms with Crippen molar-refractivity contribution in [2.24, 2.45) is 0 Å². The van der Waals surface area contributed by atoms with E-state index in [0.717, 1.165) is 0 Å². The monoisotopic (exact) mass is 745 g/mol. The van der Waals surface area contributed by atoms with E-state index in [1.54, 1.807) is 0 Å². The first-order chi connectivity index (χ1) is 28.1. The van der Waals surface area contributed by atoms with Crippen LogP contribution < -0.4 is 4.90 Å². The third-order valence-corrected chi connectivity index (χ3v) is 13.2. The second kappa shape index (κ2) is 13.2. The van der Waals surface area contributed by atoms with Crippen molar-refractivity contribution in [1.29, 1.82) is 0 Å². The van der Waals surface area contributed by atoms with E-state index in [-0.39, 0.29) is 0 Å². The minimum atomic E-state index is -0.420. The molecule has 0 radical (unpaired) electrons. The number of hydrogen-bond acceptors (Lipinski definition) is 2. The van der Waals surface area contributed by atoms with E-state index >= 15 is 0 Å². The molecule has 0 saturated carbocycles. The van der Waals surface area contributed by atoms with E-state index in [4.69, 9.17) is 0 Å². The number of thiophene rings is 1. The minimum Gasteiger partial charge on any atom is -0.310 e. The summed E-state index contributed by atoms with van der Waals surface area (Å²) in [6.45, 7) is 4.39. The Balaban J connectivity index is 1.02. The fourth-order valence-corrected chi connectivity index (χ4v) is 10.7. The maximum Gasteiger partial charge on any atom is 0.0714 e. The number of anilines is 3. The average molecular weight is 746 g/mol. The predicted octanol–water partition coefficient (Wildman–Crippen LogP) is 15.3. The van der Waals surface area contributed by atoms with Gasteiger partial charge in [0.2, 0.25) is 0 Å². The van der Waals surface area contributed by atoms with Crippen molar-refractivity contribution in [3.63, 3.8) is 0 Å². The molecule has 0 saturated heterocycles. The molecule has 0 spiro atoms. The van der Waals surface area contributed by atoms with Crippen LogP contribution in [-0.4, -0.2) is 0 Å². The minimum absolute atomic E-state index is 0.420. The summed E-state index contributed by atoms with van der Waals surface area (Å²) in [4.78, 5) is 2.41. The van der Waals surface area contributed by atoms with E-state index < -0.39 is 5.41 Å². The molecule has 11 rings (SSSR count). The van der Waals surface area contributed by atoms with Crippen molar-refractivity contribution >= 4 is 82.3 Å². The largest absolute Gasteiger partial charge is 0.310 e. The Kier molecular flexibility index (Phi) is 7.77. The highest BCUT2D eigenvalue weighted by Crippen LogP contribution is 2.56. The van der Waals surface area contributed by atoms with Gasteiger partial charge in [-0.3, -0.25) is 0 Å². The molecule has 0 aliphatic heterocycles. The quantitative estimate of drug-likeness (QED) is 0.116. The fourth-order valence-electron chi connectivity index (χ4n) is 9.53. The van der Waals surface area contributed by atoms with Crippen LogP contribution >= 0.6 is 11.3 Å². The summed E-state index contributed by atoms with van der Waals surface area (Å²) in [5, 5.41) is 7.90. The number of benzene rings is 9. The molecule has 0 atom stereocenters. The molecule has 0 amide bonds. The summed E-state index contributed by atoms with van der Waals surface area (Å²) in [6, 6.07) is 69.7. The second-order valence-corrected chi connectivity index (χ2v) is 16.5. The van der Waals surface area contributed by atoms with E-state index in [1.165, 1.54) is 103 Å². The number of fused-ring (bicyclic) bond motifs is 3. The van der Waals surface area contributed by atoms with Gasteiger partial charge in [0.1, 0.15) is 0 Å². The highest BCUT2D eigenvalue weighted by atomic mass is 32.1. The first kappa shape index (κ1) is 33.6. The zero-order valence-corrected chi connectivity index (χ0v) is 32.7. The van der Waals surface area contributed by atoms with E-state index in [2.05, 4.69) is 219 Å². The van der Waals surface area contributed by atoms with Gasteiger partial charge in [0.05, 0.1) is 5.41 Å². The van der Waals surface area contributed by atoms with Crippen molar-refractivity contribution in [3.8, 4) is 0 Å². The van der Waals surface area contributed by atoms with Crippen LogP contribution in [0.25, 0.3) is 53.9 Å². The number of para-hydroxylation sites is 2. The van der Waals surface area contributed by atoms with E-state index in [1.807, 2.05) is 11.3 Å². The first-order valence-electron chi connectivity index (χ1n) is 19.8. The van der Waals surface area contributed by atoms with Gasteiger partial charge >= 0.3 is 0 Å². The van der Waals surface area contributed by atoms with Gasteiger partial charge in [-0.25, -0.2) is 0 Å². The summed E-state index contributed by atoms with van der Waals surface area (Å²) in [5.74, 6) is 0. The van der Waals surface area contributed by atoms with Crippen molar-refractivity contribution in [2.75, 3.05) is 4.90 Å². The predicted molar refractivity (Wildman–Crippen MR) is 246 cm³/mol. The van der Waals surface area contributed by atoms with Gasteiger partial charge in [0.25, 0.3) is 0 Å². The van der Waals surface area contributed by atoms with Crippen LogP contribution in [-0.2, 0) is 5.41 Å². The fraction of sp³-hybridized carbons (Fsp3) is 0.0545. The Morgan fingerprint density at radius 1 is 0.439 bits per heavy atom. The van der Waals surface area contributed by atoms with Gasteiger partial charge in [0, 0.05) is 37.2 Å². The van der Waals surface area contributed by atoms with Crippen molar-refractivity contribution < 1.29 is 0 Å². The Hall–Kier alpha value is -6.74. The zero-order valence-electron chi connectivity index (χ0n) is 31.9. The van der Waals surface area contributed by atoms with Crippen LogP contribution in [0.2, 0.25) is 0 Å². The lowest BCUT2D eigenvalue weighted by atomic mass is 9.67. The molecule has 1 aliphatic rings. The maximum atomic E-state index is 2.45. The third-order valence-electron chi connectivity index (χ3n) is 12.1. The lowest BCUT2D eigenvalue weighted by molar-refractivity contribution is 0.771. The van der Waals surface area contributed by atoms with Gasteiger partial charge in [-0.1, -0.05) is 158 Å². The molecule has 0 unspecified atom stereocenters. The van der Waals surface area contributed by atoms with Crippen LogP contribution in [0.1, 0.15) is 44.5 Å². The third kappa shape index (κ3) is 5.21. The molecule has 0 bridgehead atoms. The van der Waals surface area contributed by atoms with Crippen molar-refractivity contribution in [2.45, 2.75) is 19.3 Å². The van der Waals surface area contributed by atoms with E-state index in [9.17, 15) is 0 Å². The first-order valence-corrected chi connectivity index (χ1v) is 20.6. The summed E-state index contributed by atoms with van der Waals surface area (Å²) in [5.41, 5.74) is 13.3. The van der Waals surface area contributed by atoms with Gasteiger partial charge in [-0.05, 0) is 122 Å². The summed E-state index contributed by atoms with van der Waals surface area (Å²) >= 11 is 1.87. The number of nitrogens with zero attached hydrogens (tertiary/aromatic N) is 1. The van der Waals surface area contributed by atoms with Gasteiger partial charge < -0.3 is 4.90 Å². The molecule has 270 valence electrons. The molecule has 1 heterocycles.